The summed E-state index contributed by atoms with van der Waals surface area (Å²) in [7, 11) is -4.94. The Kier molecular flexibility index (Phi) is 7.77. The molecule has 0 spiro atoms. The second-order valence-corrected chi connectivity index (χ2v) is 9.70. The highest BCUT2D eigenvalue weighted by Crippen LogP contribution is 2.53. The number of hydrogen-bond acceptors (Lipinski definition) is 4. The number of benzene rings is 2. The van der Waals surface area contributed by atoms with Crippen LogP contribution in [0.4, 0.5) is 0 Å². The van der Waals surface area contributed by atoms with Gasteiger partial charge < -0.3 is 0 Å². The van der Waals surface area contributed by atoms with Crippen molar-refractivity contribution in [3.63, 3.8) is 0 Å². The Hall–Kier alpha value is -1.38. The lowest BCUT2D eigenvalue weighted by molar-refractivity contribution is -2.00. The van der Waals surface area contributed by atoms with Crippen LogP contribution in [0.1, 0.15) is 18.2 Å². The molecule has 0 saturated heterocycles. The summed E-state index contributed by atoms with van der Waals surface area (Å²) in [6.45, 7) is 1.80. The number of alkyl halides is 2. The van der Waals surface area contributed by atoms with Crippen molar-refractivity contribution in [2.45, 2.75) is 17.2 Å². The third kappa shape index (κ3) is 5.57. The minimum absolute atomic E-state index is 0.322. The van der Waals surface area contributed by atoms with Gasteiger partial charge >= 0.3 is 11.5 Å². The fraction of sp³-hybridized carbons (Fsp3) is 0.136. The fourth-order valence-electron chi connectivity index (χ4n) is 3.25. The SMILES string of the molecule is CC1(Cl)c2[o+]c(-c3ccccc3)cc(-c3ccccc3)c2C(Cl)=C(Cl)C1Cl.[O-][Cl+3]([O-])([O-])[O-]. The van der Waals surface area contributed by atoms with Crippen LogP contribution in [0.3, 0.4) is 0 Å². The number of rotatable bonds is 2. The second-order valence-electron chi connectivity index (χ2n) is 6.94. The third-order valence-corrected chi connectivity index (χ3v) is 6.86. The first-order chi connectivity index (χ1) is 14.9. The van der Waals surface area contributed by atoms with Gasteiger partial charge in [-0.3, -0.25) is 0 Å². The maximum atomic E-state index is 8.49. The van der Waals surface area contributed by atoms with Crippen molar-refractivity contribution in [2.75, 3.05) is 0 Å². The first kappa shape index (κ1) is 25.2. The Labute approximate surface area is 206 Å². The average molecular weight is 537 g/mol. The molecule has 1 aliphatic rings. The molecule has 0 saturated carbocycles. The van der Waals surface area contributed by atoms with Crippen LogP contribution in [0.5, 0.6) is 0 Å². The molecule has 0 aliphatic heterocycles. The first-order valence-corrected chi connectivity index (χ1v) is 11.8. The molecular weight excluding hydrogens is 522 g/mol. The van der Waals surface area contributed by atoms with Gasteiger partial charge in [0.25, 0.3) is 0 Å². The largest absolute Gasteiger partial charge is 0.361 e. The fourth-order valence-corrected chi connectivity index (χ4v) is 4.42. The summed E-state index contributed by atoms with van der Waals surface area (Å²) in [5, 5.41) is -0.00517. The van der Waals surface area contributed by atoms with E-state index in [2.05, 4.69) is 0 Å². The molecule has 1 heterocycles. The van der Waals surface area contributed by atoms with Gasteiger partial charge in [-0.05, 0) is 24.6 Å². The molecule has 4 rings (SSSR count). The summed E-state index contributed by atoms with van der Waals surface area (Å²) in [5.74, 6) is 1.20. The molecule has 10 heteroatoms. The molecule has 0 N–H and O–H groups in total. The lowest BCUT2D eigenvalue weighted by Gasteiger charge is -2.28. The maximum Gasteiger partial charge on any atom is 0.361 e. The van der Waals surface area contributed by atoms with Crippen LogP contribution < -0.4 is 18.6 Å². The predicted octanol–water partition coefficient (Wildman–Crippen LogP) is 3.36. The van der Waals surface area contributed by atoms with Crippen LogP contribution in [0.15, 0.2) is 76.2 Å². The quantitative estimate of drug-likeness (QED) is 0.369. The monoisotopic (exact) mass is 534 g/mol. The number of fused-ring (bicyclic) bond motifs is 1. The van der Waals surface area contributed by atoms with Gasteiger partial charge in [0.2, 0.25) is 0 Å². The van der Waals surface area contributed by atoms with Gasteiger partial charge in [-0.1, -0.05) is 71.7 Å². The van der Waals surface area contributed by atoms with Gasteiger partial charge in [0.1, 0.15) is 10.9 Å². The Bertz CT molecular complexity index is 1120. The van der Waals surface area contributed by atoms with Gasteiger partial charge in [0, 0.05) is 5.56 Å². The molecule has 0 bridgehead atoms. The summed E-state index contributed by atoms with van der Waals surface area (Å²) in [6.07, 6.45) is 0. The molecule has 1 aliphatic carbocycles. The minimum Gasteiger partial charge on any atom is -0.222 e. The molecule has 2 aromatic carbocycles. The lowest BCUT2D eigenvalue weighted by Crippen LogP contribution is -2.68. The molecular formula is C22H15Cl5O5. The van der Waals surface area contributed by atoms with E-state index < -0.39 is 20.5 Å². The van der Waals surface area contributed by atoms with Crippen molar-refractivity contribution in [3.05, 3.63) is 83.1 Å². The molecule has 0 fully saturated rings. The number of allylic oxidation sites excluding steroid dienone is 1. The van der Waals surface area contributed by atoms with Crippen molar-refractivity contribution in [1.29, 1.82) is 0 Å². The highest BCUT2D eigenvalue weighted by Gasteiger charge is 2.52. The topological polar surface area (TPSA) is 104 Å². The average Bonchev–Trinajstić information content (AvgIpc) is 2.76. The summed E-state index contributed by atoms with van der Waals surface area (Å²) in [6, 6.07) is 21.8. The van der Waals surface area contributed by atoms with Gasteiger partial charge in [-0.15, -0.1) is 33.4 Å². The van der Waals surface area contributed by atoms with Crippen LogP contribution >= 0.6 is 46.4 Å². The summed E-state index contributed by atoms with van der Waals surface area (Å²) >= 11 is 26.4. The Morgan fingerprint density at radius 2 is 1.34 bits per heavy atom. The molecule has 2 atom stereocenters. The van der Waals surface area contributed by atoms with Crippen molar-refractivity contribution < 1.29 is 33.3 Å². The van der Waals surface area contributed by atoms with Crippen molar-refractivity contribution in [2.24, 2.45) is 0 Å². The summed E-state index contributed by atoms with van der Waals surface area (Å²) in [5.41, 5.74) is 3.51. The van der Waals surface area contributed by atoms with Crippen LogP contribution in [0.2, 0.25) is 0 Å². The lowest BCUT2D eigenvalue weighted by atomic mass is 9.87. The van der Waals surface area contributed by atoms with Crippen LogP contribution in [0.25, 0.3) is 27.5 Å². The smallest absolute Gasteiger partial charge is 0.222 e. The van der Waals surface area contributed by atoms with Crippen LogP contribution in [-0.4, -0.2) is 5.38 Å². The van der Waals surface area contributed by atoms with Gasteiger partial charge in [0.05, 0.1) is 21.7 Å². The van der Waals surface area contributed by atoms with E-state index in [4.69, 9.17) is 69.5 Å². The van der Waals surface area contributed by atoms with Gasteiger partial charge in [-0.25, -0.2) is 23.1 Å². The molecule has 0 amide bonds. The van der Waals surface area contributed by atoms with E-state index in [9.17, 15) is 0 Å². The van der Waals surface area contributed by atoms with Crippen molar-refractivity contribution in [1.82, 2.24) is 0 Å². The Morgan fingerprint density at radius 1 is 0.875 bits per heavy atom. The number of hydrogen-bond donors (Lipinski definition) is 0. The van der Waals surface area contributed by atoms with E-state index in [-0.39, 0.29) is 0 Å². The molecule has 32 heavy (non-hydrogen) atoms. The molecule has 3 aromatic rings. The minimum atomic E-state index is -4.94. The van der Waals surface area contributed by atoms with Crippen molar-refractivity contribution >= 4 is 51.4 Å². The zero-order valence-corrected chi connectivity index (χ0v) is 20.1. The molecule has 5 nitrogen and oxygen atoms in total. The zero-order chi connectivity index (χ0) is 23.7. The summed E-state index contributed by atoms with van der Waals surface area (Å²) < 4.78 is 40.2. The van der Waals surface area contributed by atoms with E-state index >= 15 is 0 Å². The molecule has 2 unspecified atom stereocenters. The van der Waals surface area contributed by atoms with E-state index in [0.29, 0.717) is 27.1 Å². The van der Waals surface area contributed by atoms with E-state index in [1.807, 2.05) is 66.7 Å². The van der Waals surface area contributed by atoms with E-state index in [1.54, 1.807) is 6.92 Å². The predicted molar refractivity (Wildman–Crippen MR) is 115 cm³/mol. The Morgan fingerprint density at radius 3 is 1.84 bits per heavy atom. The normalized spacial score (nSPS) is 20.3. The van der Waals surface area contributed by atoms with Gasteiger partial charge in [0.15, 0.2) is 4.87 Å². The summed E-state index contributed by atoms with van der Waals surface area (Å²) in [4.78, 5) is -1.04. The van der Waals surface area contributed by atoms with Gasteiger partial charge in [-0.2, -0.15) is 0 Å². The first-order valence-electron chi connectivity index (χ1n) is 9.04. The van der Waals surface area contributed by atoms with E-state index in [0.717, 1.165) is 16.7 Å². The molecule has 0 radical (unpaired) electrons. The molecule has 1 aromatic heterocycles. The Balaban J connectivity index is 0.000000523. The highest BCUT2D eigenvalue weighted by molar-refractivity contribution is 6.58. The highest BCUT2D eigenvalue weighted by atomic mass is 35.7. The zero-order valence-electron chi connectivity index (χ0n) is 16.4. The maximum absolute atomic E-state index is 8.49. The second kappa shape index (κ2) is 9.85. The third-order valence-electron chi connectivity index (χ3n) is 4.70. The van der Waals surface area contributed by atoms with Crippen LogP contribution in [-0.2, 0) is 4.87 Å². The molecule has 168 valence electrons. The van der Waals surface area contributed by atoms with Crippen LogP contribution in [0, 0.1) is 10.2 Å². The van der Waals surface area contributed by atoms with Crippen molar-refractivity contribution in [3.8, 4) is 22.5 Å². The number of halogens is 5. The standard InChI is InChI=1S/C22H15Cl4O.ClHO4/c1-22(26)20(25)19(24)18(23)17-15(13-8-4-2-5-9-13)12-16(27-21(17)22)14-10-6-3-7-11-14;2-1(3,4)5/h2-12,20H,1H3;(H,2,3,4,5)/q+1;/p-1. The van der Waals surface area contributed by atoms with E-state index in [1.165, 1.54) is 0 Å².